The van der Waals surface area contributed by atoms with Gasteiger partial charge in [-0.2, -0.15) is 0 Å². The van der Waals surface area contributed by atoms with Gasteiger partial charge in [-0.25, -0.2) is 4.79 Å². The minimum absolute atomic E-state index is 0.0650. The molecule has 1 saturated heterocycles. The van der Waals surface area contributed by atoms with E-state index in [2.05, 4.69) is 0 Å². The summed E-state index contributed by atoms with van der Waals surface area (Å²) in [5.74, 6) is -1.21. The van der Waals surface area contributed by atoms with Gasteiger partial charge < -0.3 is 14.7 Å². The minimum atomic E-state index is -1.06. The second-order valence-electron chi connectivity index (χ2n) is 4.46. The predicted octanol–water partition coefficient (Wildman–Crippen LogP) is 1.85. The van der Waals surface area contributed by atoms with Gasteiger partial charge in [-0.1, -0.05) is 29.3 Å². The summed E-state index contributed by atoms with van der Waals surface area (Å²) in [7, 11) is 0. The second-order valence-corrected chi connectivity index (χ2v) is 5.28. The lowest BCUT2D eigenvalue weighted by atomic mass is 10.1. The van der Waals surface area contributed by atoms with Crippen LogP contribution in [0.1, 0.15) is 5.56 Å². The number of hydrogen-bond donors (Lipinski definition) is 1. The molecule has 20 heavy (non-hydrogen) atoms. The molecule has 7 heteroatoms. The van der Waals surface area contributed by atoms with Crippen LogP contribution in [0.4, 0.5) is 0 Å². The summed E-state index contributed by atoms with van der Waals surface area (Å²) in [5.41, 5.74) is 0.739. The van der Waals surface area contributed by atoms with Gasteiger partial charge in [-0.05, 0) is 17.7 Å². The van der Waals surface area contributed by atoms with E-state index in [0.717, 1.165) is 5.56 Å². The molecule has 1 N–H and O–H groups in total. The first-order valence-electron chi connectivity index (χ1n) is 6.03. The quantitative estimate of drug-likeness (QED) is 0.923. The Morgan fingerprint density at radius 1 is 1.35 bits per heavy atom. The number of aliphatic carboxylic acids is 1. The first-order valence-corrected chi connectivity index (χ1v) is 6.79. The molecule has 0 radical (unpaired) electrons. The maximum absolute atomic E-state index is 12.1. The molecular weight excluding hydrogens is 305 g/mol. The van der Waals surface area contributed by atoms with Crippen LogP contribution in [0.5, 0.6) is 0 Å². The number of amides is 1. The summed E-state index contributed by atoms with van der Waals surface area (Å²) < 4.78 is 5.07. The molecule has 1 unspecified atom stereocenters. The van der Waals surface area contributed by atoms with Crippen molar-refractivity contribution in [2.75, 3.05) is 19.7 Å². The average molecular weight is 318 g/mol. The fourth-order valence-corrected chi connectivity index (χ4v) is 2.28. The lowest BCUT2D eigenvalue weighted by Crippen LogP contribution is -2.49. The minimum Gasteiger partial charge on any atom is -0.479 e. The first-order chi connectivity index (χ1) is 9.47. The van der Waals surface area contributed by atoms with E-state index in [4.69, 9.17) is 33.0 Å². The zero-order valence-electron chi connectivity index (χ0n) is 10.5. The normalized spacial score (nSPS) is 18.9. The van der Waals surface area contributed by atoms with Gasteiger partial charge in [0.2, 0.25) is 5.91 Å². The highest BCUT2D eigenvalue weighted by Gasteiger charge is 2.28. The number of ether oxygens (including phenoxy) is 1. The van der Waals surface area contributed by atoms with Crippen LogP contribution in [-0.2, 0) is 20.7 Å². The molecule has 1 aliphatic rings. The fourth-order valence-electron chi connectivity index (χ4n) is 1.96. The smallest absolute Gasteiger partial charge is 0.334 e. The molecule has 1 aromatic carbocycles. The maximum atomic E-state index is 12.1. The number of benzene rings is 1. The standard InChI is InChI=1S/C13H13Cl2NO4/c14-9-2-1-8(5-10(9)15)6-12(17)16-3-4-20-11(7-16)13(18)19/h1-2,5,11H,3-4,6-7H2,(H,18,19). The Kier molecular flexibility index (Phi) is 4.86. The molecule has 0 saturated carbocycles. The largest absolute Gasteiger partial charge is 0.479 e. The van der Waals surface area contributed by atoms with Crippen molar-refractivity contribution >= 4 is 35.1 Å². The molecule has 1 fully saturated rings. The number of carbonyl (C=O) groups is 2. The Bertz CT molecular complexity index is 535. The number of morpholine rings is 1. The Morgan fingerprint density at radius 2 is 2.10 bits per heavy atom. The van der Waals surface area contributed by atoms with Crippen molar-refractivity contribution in [3.8, 4) is 0 Å². The van der Waals surface area contributed by atoms with Crippen LogP contribution in [0, 0.1) is 0 Å². The third kappa shape index (κ3) is 3.62. The van der Waals surface area contributed by atoms with Crippen molar-refractivity contribution < 1.29 is 19.4 Å². The van der Waals surface area contributed by atoms with Crippen LogP contribution in [0.25, 0.3) is 0 Å². The van der Waals surface area contributed by atoms with Crippen molar-refractivity contribution in [3.05, 3.63) is 33.8 Å². The lowest BCUT2D eigenvalue weighted by molar-refractivity contribution is -0.159. The van der Waals surface area contributed by atoms with Crippen LogP contribution in [0.2, 0.25) is 10.0 Å². The summed E-state index contributed by atoms with van der Waals surface area (Å²) in [6.45, 7) is 0.684. The van der Waals surface area contributed by atoms with E-state index in [1.165, 1.54) is 4.90 Å². The molecule has 1 amide bonds. The molecule has 2 rings (SSSR count). The zero-order valence-corrected chi connectivity index (χ0v) is 12.0. The fraction of sp³-hybridized carbons (Fsp3) is 0.385. The second kappa shape index (κ2) is 6.43. The first kappa shape index (κ1) is 15.1. The van der Waals surface area contributed by atoms with E-state index in [1.807, 2.05) is 0 Å². The third-order valence-electron chi connectivity index (χ3n) is 3.03. The lowest BCUT2D eigenvalue weighted by Gasteiger charge is -2.31. The molecule has 1 atom stereocenters. The number of hydrogen-bond acceptors (Lipinski definition) is 3. The van der Waals surface area contributed by atoms with E-state index in [-0.39, 0.29) is 25.5 Å². The number of rotatable bonds is 3. The highest BCUT2D eigenvalue weighted by Crippen LogP contribution is 2.23. The number of carboxylic acid groups (broad SMARTS) is 1. The van der Waals surface area contributed by atoms with Gasteiger partial charge in [0.1, 0.15) is 0 Å². The number of nitrogens with zero attached hydrogens (tertiary/aromatic N) is 1. The Hall–Kier alpha value is -1.30. The molecule has 5 nitrogen and oxygen atoms in total. The molecule has 0 spiro atoms. The number of carboxylic acids is 1. The Balaban J connectivity index is 2.00. The maximum Gasteiger partial charge on any atom is 0.334 e. The van der Waals surface area contributed by atoms with Crippen LogP contribution in [0.3, 0.4) is 0 Å². The summed E-state index contributed by atoms with van der Waals surface area (Å²) in [5, 5.41) is 9.72. The predicted molar refractivity (Wildman–Crippen MR) is 74.1 cm³/mol. The molecule has 0 bridgehead atoms. The Labute approximate surface area is 126 Å². The molecule has 0 aliphatic carbocycles. The van der Waals surface area contributed by atoms with Gasteiger partial charge >= 0.3 is 5.97 Å². The molecule has 1 aliphatic heterocycles. The van der Waals surface area contributed by atoms with Gasteiger partial charge in [0, 0.05) is 6.54 Å². The highest BCUT2D eigenvalue weighted by atomic mass is 35.5. The molecule has 1 aromatic rings. The number of carbonyl (C=O) groups excluding carboxylic acids is 1. The molecular formula is C13H13Cl2NO4. The van der Waals surface area contributed by atoms with Crippen molar-refractivity contribution in [2.24, 2.45) is 0 Å². The van der Waals surface area contributed by atoms with Gasteiger partial charge in [-0.3, -0.25) is 4.79 Å². The summed E-state index contributed by atoms with van der Waals surface area (Å²) in [4.78, 5) is 24.5. The van der Waals surface area contributed by atoms with Crippen LogP contribution < -0.4 is 0 Å². The van der Waals surface area contributed by atoms with Crippen molar-refractivity contribution in [3.63, 3.8) is 0 Å². The molecule has 0 aromatic heterocycles. The highest BCUT2D eigenvalue weighted by molar-refractivity contribution is 6.42. The van der Waals surface area contributed by atoms with E-state index in [0.29, 0.717) is 16.6 Å². The van der Waals surface area contributed by atoms with Crippen LogP contribution in [-0.4, -0.2) is 47.7 Å². The van der Waals surface area contributed by atoms with E-state index >= 15 is 0 Å². The monoisotopic (exact) mass is 317 g/mol. The van der Waals surface area contributed by atoms with E-state index in [1.54, 1.807) is 18.2 Å². The van der Waals surface area contributed by atoms with Crippen molar-refractivity contribution in [1.82, 2.24) is 4.90 Å². The Morgan fingerprint density at radius 3 is 2.75 bits per heavy atom. The van der Waals surface area contributed by atoms with Crippen LogP contribution >= 0.6 is 23.2 Å². The van der Waals surface area contributed by atoms with E-state index in [9.17, 15) is 9.59 Å². The van der Waals surface area contributed by atoms with Crippen LogP contribution in [0.15, 0.2) is 18.2 Å². The van der Waals surface area contributed by atoms with Gasteiger partial charge in [0.15, 0.2) is 6.10 Å². The topological polar surface area (TPSA) is 66.8 Å². The molecule has 1 heterocycles. The summed E-state index contributed by atoms with van der Waals surface area (Å²) in [6.07, 6.45) is -0.801. The number of halogens is 2. The molecule has 108 valence electrons. The summed E-state index contributed by atoms with van der Waals surface area (Å²) in [6, 6.07) is 4.99. The summed E-state index contributed by atoms with van der Waals surface area (Å²) >= 11 is 11.7. The third-order valence-corrected chi connectivity index (χ3v) is 3.77. The van der Waals surface area contributed by atoms with Gasteiger partial charge in [0.05, 0.1) is 29.6 Å². The SMILES string of the molecule is O=C(O)C1CN(C(=O)Cc2ccc(Cl)c(Cl)c2)CCO1. The van der Waals surface area contributed by atoms with Gasteiger partial charge in [-0.15, -0.1) is 0 Å². The van der Waals surface area contributed by atoms with Crippen molar-refractivity contribution in [2.45, 2.75) is 12.5 Å². The average Bonchev–Trinajstić information content (AvgIpc) is 2.43. The van der Waals surface area contributed by atoms with E-state index < -0.39 is 12.1 Å². The zero-order chi connectivity index (χ0) is 14.7. The van der Waals surface area contributed by atoms with Gasteiger partial charge in [0.25, 0.3) is 0 Å². The van der Waals surface area contributed by atoms with Crippen molar-refractivity contribution in [1.29, 1.82) is 0 Å².